The zero-order chi connectivity index (χ0) is 20.4. The summed E-state index contributed by atoms with van der Waals surface area (Å²) in [4.78, 5) is 31.7. The lowest BCUT2D eigenvalue weighted by atomic mass is 9.96. The van der Waals surface area contributed by atoms with E-state index in [2.05, 4.69) is 0 Å². The summed E-state index contributed by atoms with van der Waals surface area (Å²) in [5.41, 5.74) is 1.49. The van der Waals surface area contributed by atoms with Gasteiger partial charge in [0, 0.05) is 6.42 Å². The molecule has 29 heavy (non-hydrogen) atoms. The highest BCUT2D eigenvalue weighted by atomic mass is 19.3. The number of benzene rings is 2. The molecule has 2 saturated heterocycles. The minimum Gasteiger partial charge on any atom is -0.459 e. The Morgan fingerprint density at radius 1 is 1.00 bits per heavy atom. The predicted octanol–water partition coefficient (Wildman–Crippen LogP) is 3.38. The van der Waals surface area contributed by atoms with Gasteiger partial charge in [0.05, 0.1) is 6.54 Å². The van der Waals surface area contributed by atoms with Crippen molar-refractivity contribution in [3.8, 4) is 0 Å². The third kappa shape index (κ3) is 3.93. The molecule has 0 aromatic heterocycles. The molecule has 2 aromatic carbocycles. The molecule has 0 radical (unpaired) electrons. The van der Waals surface area contributed by atoms with Crippen LogP contribution in [0.2, 0.25) is 0 Å². The number of hydroxylamine groups is 2. The average molecular weight is 402 g/mol. The van der Waals surface area contributed by atoms with E-state index >= 15 is 0 Å². The lowest BCUT2D eigenvalue weighted by Crippen LogP contribution is -2.54. The van der Waals surface area contributed by atoms with E-state index in [1.54, 1.807) is 48.5 Å². The second-order valence-electron chi connectivity index (χ2n) is 7.11. The molecular formula is C21H20F2N2O4. The smallest absolute Gasteiger partial charge is 0.345 e. The molecule has 2 aromatic rings. The zero-order valence-electron chi connectivity index (χ0n) is 15.5. The molecule has 2 aliphatic rings. The topological polar surface area (TPSA) is 59.1 Å². The number of amides is 2. The monoisotopic (exact) mass is 402 g/mol. The highest BCUT2D eigenvalue weighted by Crippen LogP contribution is 2.41. The number of urea groups is 1. The van der Waals surface area contributed by atoms with E-state index in [0.29, 0.717) is 5.06 Å². The molecule has 2 atom stereocenters. The van der Waals surface area contributed by atoms with Crippen LogP contribution in [0.3, 0.4) is 0 Å². The normalized spacial score (nSPS) is 22.6. The van der Waals surface area contributed by atoms with Crippen LogP contribution in [-0.4, -0.2) is 46.5 Å². The number of alkyl halides is 2. The van der Waals surface area contributed by atoms with Gasteiger partial charge in [0.15, 0.2) is 0 Å². The summed E-state index contributed by atoms with van der Waals surface area (Å²) in [6, 6.07) is 14.3. The molecule has 2 bridgehead atoms. The van der Waals surface area contributed by atoms with Gasteiger partial charge in [-0.15, -0.1) is 0 Å². The summed E-state index contributed by atoms with van der Waals surface area (Å²) in [6.45, 7) is -0.344. The SMILES string of the molecule is O=C(OCc1ccccc1)[C@@H]1CC(F)(F)[C@@H]2CN1C(=O)N2OCc1ccccc1. The number of ether oxygens (including phenoxy) is 1. The Labute approximate surface area is 166 Å². The van der Waals surface area contributed by atoms with Gasteiger partial charge < -0.3 is 9.64 Å². The first-order valence-electron chi connectivity index (χ1n) is 9.31. The Morgan fingerprint density at radius 2 is 1.59 bits per heavy atom. The number of piperidine rings is 1. The van der Waals surface area contributed by atoms with Crippen molar-refractivity contribution in [2.75, 3.05) is 6.54 Å². The molecule has 0 unspecified atom stereocenters. The molecule has 0 spiro atoms. The molecule has 6 nitrogen and oxygen atoms in total. The van der Waals surface area contributed by atoms with Crippen LogP contribution in [0, 0.1) is 0 Å². The van der Waals surface area contributed by atoms with Crippen LogP contribution in [-0.2, 0) is 27.6 Å². The fourth-order valence-corrected chi connectivity index (χ4v) is 3.57. The second-order valence-corrected chi connectivity index (χ2v) is 7.11. The fraction of sp³-hybridized carbons (Fsp3) is 0.333. The molecule has 4 rings (SSSR count). The highest BCUT2D eigenvalue weighted by Gasteiger charge is 2.61. The number of carbonyl (C=O) groups excluding carboxylic acids is 2. The third-order valence-corrected chi connectivity index (χ3v) is 5.13. The van der Waals surface area contributed by atoms with Crippen LogP contribution in [0.25, 0.3) is 0 Å². The predicted molar refractivity (Wildman–Crippen MR) is 98.6 cm³/mol. The molecule has 8 heteroatoms. The van der Waals surface area contributed by atoms with Crippen LogP contribution in [0.15, 0.2) is 60.7 Å². The van der Waals surface area contributed by atoms with E-state index in [4.69, 9.17) is 9.57 Å². The lowest BCUT2D eigenvalue weighted by Gasteiger charge is -2.34. The van der Waals surface area contributed by atoms with Crippen molar-refractivity contribution >= 4 is 12.0 Å². The van der Waals surface area contributed by atoms with Crippen LogP contribution < -0.4 is 0 Å². The third-order valence-electron chi connectivity index (χ3n) is 5.13. The second kappa shape index (κ2) is 7.79. The molecule has 2 amide bonds. The maximum atomic E-state index is 14.7. The number of hydrogen-bond acceptors (Lipinski definition) is 4. The highest BCUT2D eigenvalue weighted by molar-refractivity contribution is 5.86. The van der Waals surface area contributed by atoms with Gasteiger partial charge in [-0.2, -0.15) is 5.06 Å². The van der Waals surface area contributed by atoms with Gasteiger partial charge in [0.25, 0.3) is 5.92 Å². The number of nitrogens with zero attached hydrogens (tertiary/aromatic N) is 2. The van der Waals surface area contributed by atoms with Gasteiger partial charge in [0.1, 0.15) is 25.3 Å². The summed E-state index contributed by atoms with van der Waals surface area (Å²) in [6.07, 6.45) is -0.789. The minimum absolute atomic E-state index is 0.0177. The number of halogens is 2. The molecule has 2 aliphatic heterocycles. The van der Waals surface area contributed by atoms with Gasteiger partial charge in [0.2, 0.25) is 0 Å². The van der Waals surface area contributed by atoms with Crippen molar-refractivity contribution in [1.82, 2.24) is 9.96 Å². The van der Waals surface area contributed by atoms with Crippen LogP contribution in [0.4, 0.5) is 13.6 Å². The largest absolute Gasteiger partial charge is 0.459 e. The first-order chi connectivity index (χ1) is 14.0. The van der Waals surface area contributed by atoms with Crippen molar-refractivity contribution in [1.29, 1.82) is 0 Å². The summed E-state index contributed by atoms with van der Waals surface area (Å²) >= 11 is 0. The van der Waals surface area contributed by atoms with Crippen LogP contribution in [0.5, 0.6) is 0 Å². The maximum absolute atomic E-state index is 14.7. The van der Waals surface area contributed by atoms with E-state index in [-0.39, 0.29) is 19.8 Å². The number of esters is 1. The van der Waals surface area contributed by atoms with Crippen molar-refractivity contribution in [2.24, 2.45) is 0 Å². The van der Waals surface area contributed by atoms with Crippen LogP contribution >= 0.6 is 0 Å². The van der Waals surface area contributed by atoms with Gasteiger partial charge in [-0.1, -0.05) is 60.7 Å². The molecule has 0 saturated carbocycles. The Balaban J connectivity index is 1.44. The lowest BCUT2D eigenvalue weighted by molar-refractivity contribution is -0.201. The average Bonchev–Trinajstić information content (AvgIpc) is 3.03. The quantitative estimate of drug-likeness (QED) is 0.695. The van der Waals surface area contributed by atoms with E-state index in [0.717, 1.165) is 16.0 Å². The Morgan fingerprint density at radius 3 is 2.21 bits per heavy atom. The Kier molecular flexibility index (Phi) is 5.19. The van der Waals surface area contributed by atoms with Gasteiger partial charge >= 0.3 is 12.0 Å². The molecule has 2 fully saturated rings. The number of rotatable bonds is 6. The van der Waals surface area contributed by atoms with Gasteiger partial charge in [-0.05, 0) is 11.1 Å². The maximum Gasteiger partial charge on any atom is 0.345 e. The number of fused-ring (bicyclic) bond motifs is 2. The van der Waals surface area contributed by atoms with Crippen molar-refractivity contribution in [2.45, 2.75) is 37.6 Å². The van der Waals surface area contributed by atoms with E-state index < -0.39 is 36.4 Å². The molecule has 152 valence electrons. The number of hydrogen-bond donors (Lipinski definition) is 0. The molecule has 0 aliphatic carbocycles. The number of carbonyl (C=O) groups is 2. The van der Waals surface area contributed by atoms with Crippen molar-refractivity contribution in [3.05, 3.63) is 71.8 Å². The van der Waals surface area contributed by atoms with E-state index in [9.17, 15) is 18.4 Å². The summed E-state index contributed by atoms with van der Waals surface area (Å²) in [5, 5.41) is 0.706. The Hall–Kier alpha value is -3.00. The van der Waals surface area contributed by atoms with Crippen molar-refractivity contribution < 1.29 is 27.9 Å². The first-order valence-corrected chi connectivity index (χ1v) is 9.31. The molecule has 0 N–H and O–H groups in total. The van der Waals surface area contributed by atoms with Gasteiger partial charge in [-0.3, -0.25) is 4.84 Å². The van der Waals surface area contributed by atoms with E-state index in [1.807, 2.05) is 12.1 Å². The fourth-order valence-electron chi connectivity index (χ4n) is 3.57. The Bertz CT molecular complexity index is 879. The van der Waals surface area contributed by atoms with E-state index in [1.165, 1.54) is 0 Å². The molecule has 2 heterocycles. The standard InChI is InChI=1S/C21H20F2N2O4/c22-21(23)11-17(19(26)28-13-15-7-3-1-4-8-15)24-12-18(21)25(20(24)27)29-14-16-9-5-2-6-10-16/h1-10,17-18H,11-14H2/t17-,18-/m0/s1. The van der Waals surface area contributed by atoms with Gasteiger partial charge in [-0.25, -0.2) is 18.4 Å². The van der Waals surface area contributed by atoms with Crippen LogP contribution in [0.1, 0.15) is 17.5 Å². The van der Waals surface area contributed by atoms with Crippen molar-refractivity contribution in [3.63, 3.8) is 0 Å². The minimum atomic E-state index is -3.27. The summed E-state index contributed by atoms with van der Waals surface area (Å²) in [5.74, 6) is -4.11. The first kappa shape index (κ1) is 19.3. The zero-order valence-corrected chi connectivity index (χ0v) is 15.5. The summed E-state index contributed by atoms with van der Waals surface area (Å²) < 4.78 is 34.6. The molecular weight excluding hydrogens is 382 g/mol. The summed E-state index contributed by atoms with van der Waals surface area (Å²) in [7, 11) is 0.